The molecule has 0 radical (unpaired) electrons. The van der Waals surface area contributed by atoms with Gasteiger partial charge < -0.3 is 24.3 Å². The van der Waals surface area contributed by atoms with E-state index in [4.69, 9.17) is 9.47 Å². The predicted molar refractivity (Wildman–Crippen MR) is 116 cm³/mol. The first-order chi connectivity index (χ1) is 14.4. The Morgan fingerprint density at radius 3 is 2.33 bits per heavy atom. The third-order valence-electron chi connectivity index (χ3n) is 5.73. The largest absolute Gasteiger partial charge is 0.497 e. The van der Waals surface area contributed by atoms with Gasteiger partial charge in [-0.3, -0.25) is 4.79 Å². The van der Waals surface area contributed by atoms with Crippen LogP contribution in [-0.4, -0.2) is 61.7 Å². The van der Waals surface area contributed by atoms with E-state index in [1.54, 1.807) is 14.0 Å². The number of benzene rings is 1. The van der Waals surface area contributed by atoms with Crippen LogP contribution in [0.15, 0.2) is 24.3 Å². The van der Waals surface area contributed by atoms with E-state index >= 15 is 0 Å². The van der Waals surface area contributed by atoms with Gasteiger partial charge in [-0.2, -0.15) is 0 Å². The second-order valence-corrected chi connectivity index (χ2v) is 7.51. The Morgan fingerprint density at radius 1 is 1.07 bits per heavy atom. The van der Waals surface area contributed by atoms with Crippen molar-refractivity contribution in [3.8, 4) is 5.75 Å². The van der Waals surface area contributed by atoms with Crippen molar-refractivity contribution in [3.05, 3.63) is 46.8 Å². The molecule has 2 heterocycles. The smallest absolute Gasteiger partial charge is 0.355 e. The van der Waals surface area contributed by atoms with E-state index in [2.05, 4.69) is 22.0 Å². The van der Waals surface area contributed by atoms with E-state index in [-0.39, 0.29) is 11.9 Å². The Balaban J connectivity index is 1.53. The number of rotatable bonds is 7. The zero-order chi connectivity index (χ0) is 21.7. The predicted octanol–water partition coefficient (Wildman–Crippen LogP) is 3.10. The van der Waals surface area contributed by atoms with Crippen molar-refractivity contribution in [1.29, 1.82) is 0 Å². The van der Waals surface area contributed by atoms with Crippen LogP contribution in [0.25, 0.3) is 0 Å². The second kappa shape index (κ2) is 9.69. The molecule has 0 aliphatic carbocycles. The summed E-state index contributed by atoms with van der Waals surface area (Å²) in [5.74, 6) is 0.654. The standard InChI is InChI=1S/C23H31N3O4/c1-5-30-23(28)22-16(2)20(17(3)24-22)10-11-21(27)26-14-12-25(13-15-26)18-6-8-19(29-4)9-7-18/h6-9,24H,5,10-15H2,1-4H3. The first-order valence-electron chi connectivity index (χ1n) is 10.5. The van der Waals surface area contributed by atoms with Crippen LogP contribution >= 0.6 is 0 Å². The van der Waals surface area contributed by atoms with E-state index < -0.39 is 0 Å². The van der Waals surface area contributed by atoms with Gasteiger partial charge >= 0.3 is 5.97 Å². The van der Waals surface area contributed by atoms with Crippen LogP contribution < -0.4 is 9.64 Å². The van der Waals surface area contributed by atoms with Gasteiger partial charge in [0.05, 0.1) is 13.7 Å². The topological polar surface area (TPSA) is 74.9 Å². The van der Waals surface area contributed by atoms with Crippen molar-refractivity contribution in [1.82, 2.24) is 9.88 Å². The molecule has 3 rings (SSSR count). The van der Waals surface area contributed by atoms with Gasteiger partial charge in [-0.25, -0.2) is 4.79 Å². The number of carbonyl (C=O) groups excluding carboxylic acids is 2. The number of nitrogens with zero attached hydrogens (tertiary/aromatic N) is 2. The molecule has 1 aromatic carbocycles. The monoisotopic (exact) mass is 413 g/mol. The molecule has 30 heavy (non-hydrogen) atoms. The maximum Gasteiger partial charge on any atom is 0.355 e. The van der Waals surface area contributed by atoms with E-state index in [0.717, 1.165) is 41.3 Å². The highest BCUT2D eigenvalue weighted by atomic mass is 16.5. The van der Waals surface area contributed by atoms with Crippen molar-refractivity contribution in [2.24, 2.45) is 0 Å². The van der Waals surface area contributed by atoms with Crippen molar-refractivity contribution in [3.63, 3.8) is 0 Å². The maximum atomic E-state index is 12.8. The van der Waals surface area contributed by atoms with Crippen LogP contribution in [0.1, 0.15) is 40.7 Å². The van der Waals surface area contributed by atoms with Gasteiger partial charge in [0.1, 0.15) is 11.4 Å². The summed E-state index contributed by atoms with van der Waals surface area (Å²) in [7, 11) is 1.66. The summed E-state index contributed by atoms with van der Waals surface area (Å²) in [4.78, 5) is 32.2. The fraction of sp³-hybridized carbons (Fsp3) is 0.478. The molecule has 1 aliphatic heterocycles. The molecule has 1 aromatic heterocycles. The number of piperazine rings is 1. The Bertz CT molecular complexity index is 881. The molecular weight excluding hydrogens is 382 g/mol. The van der Waals surface area contributed by atoms with E-state index in [9.17, 15) is 9.59 Å². The van der Waals surface area contributed by atoms with Gasteiger partial charge in [-0.1, -0.05) is 0 Å². The zero-order valence-electron chi connectivity index (χ0n) is 18.3. The summed E-state index contributed by atoms with van der Waals surface area (Å²) in [6.07, 6.45) is 1.05. The molecule has 1 amide bonds. The molecule has 2 aromatic rings. The van der Waals surface area contributed by atoms with Crippen LogP contribution in [0.5, 0.6) is 5.75 Å². The van der Waals surface area contributed by atoms with Crippen LogP contribution in [0.2, 0.25) is 0 Å². The number of aromatic amines is 1. The molecule has 0 spiro atoms. The lowest BCUT2D eigenvalue weighted by Gasteiger charge is -2.36. The molecule has 0 unspecified atom stereocenters. The summed E-state index contributed by atoms with van der Waals surface area (Å²) in [5, 5.41) is 0. The normalized spacial score (nSPS) is 14.0. The Hall–Kier alpha value is -2.96. The summed E-state index contributed by atoms with van der Waals surface area (Å²) < 4.78 is 10.3. The number of nitrogens with one attached hydrogen (secondary N) is 1. The Labute approximate surface area is 178 Å². The number of carbonyl (C=O) groups is 2. The van der Waals surface area contributed by atoms with Crippen molar-refractivity contribution in [2.75, 3.05) is 44.8 Å². The highest BCUT2D eigenvalue weighted by Gasteiger charge is 2.23. The van der Waals surface area contributed by atoms with Crippen LogP contribution in [0, 0.1) is 13.8 Å². The summed E-state index contributed by atoms with van der Waals surface area (Å²) in [6, 6.07) is 8.02. The van der Waals surface area contributed by atoms with Crippen molar-refractivity contribution < 1.29 is 19.1 Å². The second-order valence-electron chi connectivity index (χ2n) is 7.51. The number of ether oxygens (including phenoxy) is 2. The molecular formula is C23H31N3O4. The van der Waals surface area contributed by atoms with Gasteiger partial charge in [0.2, 0.25) is 5.91 Å². The number of H-pyrrole nitrogens is 1. The maximum absolute atomic E-state index is 12.8. The fourth-order valence-corrected chi connectivity index (χ4v) is 3.97. The van der Waals surface area contributed by atoms with Gasteiger partial charge in [0.25, 0.3) is 0 Å². The van der Waals surface area contributed by atoms with Gasteiger partial charge in [0.15, 0.2) is 0 Å². The lowest BCUT2D eigenvalue weighted by Crippen LogP contribution is -2.48. The molecule has 1 aliphatic rings. The first-order valence-corrected chi connectivity index (χ1v) is 10.5. The first kappa shape index (κ1) is 21.7. The molecule has 0 saturated carbocycles. The third-order valence-corrected chi connectivity index (χ3v) is 5.73. The van der Waals surface area contributed by atoms with E-state index in [0.29, 0.717) is 38.2 Å². The van der Waals surface area contributed by atoms with E-state index in [1.807, 2.05) is 30.9 Å². The summed E-state index contributed by atoms with van der Waals surface area (Å²) in [6.45, 7) is 9.02. The highest BCUT2D eigenvalue weighted by Crippen LogP contribution is 2.22. The molecule has 7 nitrogen and oxygen atoms in total. The summed E-state index contributed by atoms with van der Waals surface area (Å²) in [5.41, 5.74) is 4.47. The fourth-order valence-electron chi connectivity index (χ4n) is 3.97. The lowest BCUT2D eigenvalue weighted by atomic mass is 10.0. The van der Waals surface area contributed by atoms with E-state index in [1.165, 1.54) is 0 Å². The zero-order valence-corrected chi connectivity index (χ0v) is 18.3. The number of hydrogen-bond acceptors (Lipinski definition) is 5. The summed E-state index contributed by atoms with van der Waals surface area (Å²) >= 11 is 0. The van der Waals surface area contributed by atoms with Gasteiger partial charge in [-0.15, -0.1) is 0 Å². The van der Waals surface area contributed by atoms with Crippen LogP contribution in [-0.2, 0) is 16.0 Å². The number of aromatic nitrogens is 1. The minimum Gasteiger partial charge on any atom is -0.497 e. The number of amides is 1. The number of methoxy groups -OCH3 is 1. The minimum atomic E-state index is -0.342. The molecule has 1 N–H and O–H groups in total. The van der Waals surface area contributed by atoms with Crippen LogP contribution in [0.4, 0.5) is 5.69 Å². The number of aryl methyl sites for hydroxylation is 1. The Kier molecular flexibility index (Phi) is 7.03. The van der Waals surface area contributed by atoms with Crippen molar-refractivity contribution in [2.45, 2.75) is 33.6 Å². The van der Waals surface area contributed by atoms with Crippen LogP contribution in [0.3, 0.4) is 0 Å². The van der Waals surface area contributed by atoms with Crippen molar-refractivity contribution >= 4 is 17.6 Å². The average Bonchev–Trinajstić information content (AvgIpc) is 3.06. The molecule has 1 saturated heterocycles. The lowest BCUT2D eigenvalue weighted by molar-refractivity contribution is -0.131. The quantitative estimate of drug-likeness (QED) is 0.706. The number of esters is 1. The van der Waals surface area contributed by atoms with Gasteiger partial charge in [0, 0.05) is 44.0 Å². The number of anilines is 1. The Morgan fingerprint density at radius 2 is 1.73 bits per heavy atom. The molecule has 1 fully saturated rings. The van der Waals surface area contributed by atoms with Gasteiger partial charge in [-0.05, 0) is 62.6 Å². The molecule has 7 heteroatoms. The third kappa shape index (κ3) is 4.78. The average molecular weight is 414 g/mol. The highest BCUT2D eigenvalue weighted by molar-refractivity contribution is 5.90. The SMILES string of the molecule is CCOC(=O)c1[nH]c(C)c(CCC(=O)N2CCN(c3ccc(OC)cc3)CC2)c1C. The molecule has 162 valence electrons. The molecule has 0 atom stereocenters. The number of hydrogen-bond donors (Lipinski definition) is 1. The molecule has 0 bridgehead atoms. The minimum absolute atomic E-state index is 0.155.